The first-order chi connectivity index (χ1) is 15.4. The highest BCUT2D eigenvalue weighted by Crippen LogP contribution is 2.32. The lowest BCUT2D eigenvalue weighted by atomic mass is 10.1. The predicted octanol–water partition coefficient (Wildman–Crippen LogP) is 1.88. The number of hydrogen-bond acceptors (Lipinski definition) is 7. The van der Waals surface area contributed by atoms with Crippen molar-refractivity contribution in [3.8, 4) is 0 Å². The molecule has 0 radical (unpaired) electrons. The fourth-order valence-corrected chi connectivity index (χ4v) is 6.34. The Balaban J connectivity index is 1.51. The van der Waals surface area contributed by atoms with E-state index in [4.69, 9.17) is 9.97 Å². The number of sulfonamides is 1. The second kappa shape index (κ2) is 8.61. The van der Waals surface area contributed by atoms with Crippen molar-refractivity contribution < 1.29 is 8.42 Å². The van der Waals surface area contributed by atoms with Gasteiger partial charge in [0.25, 0.3) is 0 Å². The summed E-state index contributed by atoms with van der Waals surface area (Å²) < 4.78 is 28.4. The van der Waals surface area contributed by atoms with Crippen molar-refractivity contribution in [2.75, 3.05) is 62.7 Å². The van der Waals surface area contributed by atoms with Crippen LogP contribution >= 0.6 is 0 Å². The van der Waals surface area contributed by atoms with Gasteiger partial charge in [0.15, 0.2) is 0 Å². The van der Waals surface area contributed by atoms with Crippen molar-refractivity contribution in [3.05, 3.63) is 41.1 Å². The van der Waals surface area contributed by atoms with Crippen LogP contribution in [0.4, 0.5) is 11.8 Å². The summed E-state index contributed by atoms with van der Waals surface area (Å²) in [6.07, 6.45) is 2.96. The van der Waals surface area contributed by atoms with E-state index in [0.717, 1.165) is 67.9 Å². The molecule has 2 saturated heterocycles. The van der Waals surface area contributed by atoms with Crippen molar-refractivity contribution in [2.45, 2.75) is 37.6 Å². The van der Waals surface area contributed by atoms with E-state index < -0.39 is 10.0 Å². The normalized spacial score (nSPS) is 20.6. The minimum absolute atomic E-state index is 0.327. The number of likely N-dealkylation sites (N-methyl/N-ethyl adjacent to an activating group) is 1. The topological polar surface area (TPSA) is 72.9 Å². The largest absolute Gasteiger partial charge is 0.354 e. The zero-order chi connectivity index (χ0) is 22.3. The molecule has 32 heavy (non-hydrogen) atoms. The number of anilines is 2. The first kappa shape index (κ1) is 21.6. The van der Waals surface area contributed by atoms with Crippen molar-refractivity contribution in [1.82, 2.24) is 19.2 Å². The number of rotatable bonds is 4. The number of nitrogens with zero attached hydrogens (tertiary/aromatic N) is 6. The summed E-state index contributed by atoms with van der Waals surface area (Å²) in [5, 5.41) is 0. The average Bonchev–Trinajstić information content (AvgIpc) is 3.34. The molecular weight excluding hydrogens is 424 g/mol. The zero-order valence-corrected chi connectivity index (χ0v) is 19.8. The van der Waals surface area contributed by atoms with Gasteiger partial charge in [-0.1, -0.05) is 12.1 Å². The van der Waals surface area contributed by atoms with E-state index in [1.165, 1.54) is 12.8 Å². The van der Waals surface area contributed by atoms with Crippen LogP contribution in [-0.4, -0.2) is 80.5 Å². The standard InChI is InChI=1S/C23H32N6O2S/c1-18-6-5-7-19(16-18)32(30,31)29-11-8-21-20(17-29)22(27-14-12-26(2)13-15-27)25-23(24-21)28-9-3-4-10-28/h5-7,16H,3-4,8-15,17H2,1-2H3. The van der Waals surface area contributed by atoms with E-state index >= 15 is 0 Å². The van der Waals surface area contributed by atoms with Crippen LogP contribution in [0.3, 0.4) is 0 Å². The molecule has 3 aliphatic heterocycles. The number of benzene rings is 1. The molecule has 0 amide bonds. The van der Waals surface area contributed by atoms with Crippen molar-refractivity contribution in [3.63, 3.8) is 0 Å². The van der Waals surface area contributed by atoms with E-state index in [2.05, 4.69) is 21.7 Å². The minimum Gasteiger partial charge on any atom is -0.354 e. The molecule has 8 nitrogen and oxygen atoms in total. The smallest absolute Gasteiger partial charge is 0.243 e. The number of fused-ring (bicyclic) bond motifs is 1. The number of aryl methyl sites for hydroxylation is 1. The van der Waals surface area contributed by atoms with Crippen LogP contribution in [0.5, 0.6) is 0 Å². The molecule has 9 heteroatoms. The molecule has 2 fully saturated rings. The van der Waals surface area contributed by atoms with Gasteiger partial charge in [0.05, 0.1) is 10.6 Å². The van der Waals surface area contributed by atoms with Gasteiger partial charge >= 0.3 is 0 Å². The van der Waals surface area contributed by atoms with Crippen molar-refractivity contribution >= 4 is 21.8 Å². The maximum Gasteiger partial charge on any atom is 0.243 e. The number of hydrogen-bond donors (Lipinski definition) is 0. The SMILES string of the molecule is Cc1cccc(S(=O)(=O)N2CCc3nc(N4CCCC4)nc(N4CCN(C)CC4)c3C2)c1. The fraction of sp³-hybridized carbons (Fsp3) is 0.565. The Labute approximate surface area is 190 Å². The molecule has 172 valence electrons. The Kier molecular flexibility index (Phi) is 5.81. The lowest BCUT2D eigenvalue weighted by Gasteiger charge is -2.37. The van der Waals surface area contributed by atoms with Gasteiger partial charge in [-0.05, 0) is 44.5 Å². The summed E-state index contributed by atoms with van der Waals surface area (Å²) in [4.78, 5) is 17.2. The molecular formula is C23H32N6O2S. The first-order valence-electron chi connectivity index (χ1n) is 11.6. The van der Waals surface area contributed by atoms with Gasteiger partial charge in [-0.3, -0.25) is 0 Å². The lowest BCUT2D eigenvalue weighted by molar-refractivity contribution is 0.310. The quantitative estimate of drug-likeness (QED) is 0.696. The van der Waals surface area contributed by atoms with Gasteiger partial charge in [0.1, 0.15) is 5.82 Å². The van der Waals surface area contributed by atoms with E-state index in [9.17, 15) is 8.42 Å². The van der Waals surface area contributed by atoms with Crippen molar-refractivity contribution in [1.29, 1.82) is 0 Å². The molecule has 1 aromatic heterocycles. The van der Waals surface area contributed by atoms with Gasteiger partial charge in [0, 0.05) is 64.3 Å². The van der Waals surface area contributed by atoms with Crippen LogP contribution in [0.25, 0.3) is 0 Å². The van der Waals surface area contributed by atoms with Crippen molar-refractivity contribution in [2.24, 2.45) is 0 Å². The molecule has 0 saturated carbocycles. The fourth-order valence-electron chi connectivity index (χ4n) is 4.83. The molecule has 0 spiro atoms. The summed E-state index contributed by atoms with van der Waals surface area (Å²) >= 11 is 0. The van der Waals surface area contributed by atoms with Crippen LogP contribution < -0.4 is 9.80 Å². The average molecular weight is 457 g/mol. The monoisotopic (exact) mass is 456 g/mol. The van der Waals surface area contributed by atoms with E-state index in [-0.39, 0.29) is 0 Å². The Hall–Kier alpha value is -2.23. The summed E-state index contributed by atoms with van der Waals surface area (Å²) in [5.74, 6) is 1.74. The molecule has 5 rings (SSSR count). The molecule has 3 aliphatic rings. The highest BCUT2D eigenvalue weighted by atomic mass is 32.2. The highest BCUT2D eigenvalue weighted by Gasteiger charge is 2.33. The molecule has 0 atom stereocenters. The van der Waals surface area contributed by atoms with E-state index in [1.54, 1.807) is 22.5 Å². The van der Waals surface area contributed by atoms with Gasteiger partial charge in [0.2, 0.25) is 16.0 Å². The van der Waals surface area contributed by atoms with Crippen LogP contribution in [0.2, 0.25) is 0 Å². The number of aromatic nitrogens is 2. The van der Waals surface area contributed by atoms with Gasteiger partial charge in [-0.25, -0.2) is 13.4 Å². The number of piperazine rings is 1. The Bertz CT molecular complexity index is 1090. The minimum atomic E-state index is -3.57. The maximum atomic E-state index is 13.4. The summed E-state index contributed by atoms with van der Waals surface area (Å²) in [6, 6.07) is 7.16. The highest BCUT2D eigenvalue weighted by molar-refractivity contribution is 7.89. The lowest BCUT2D eigenvalue weighted by Crippen LogP contribution is -2.46. The van der Waals surface area contributed by atoms with Gasteiger partial charge in [-0.2, -0.15) is 9.29 Å². The van der Waals surface area contributed by atoms with Crippen LogP contribution in [0.1, 0.15) is 29.7 Å². The second-order valence-corrected chi connectivity index (χ2v) is 11.1. The molecule has 2 aromatic rings. The predicted molar refractivity (Wildman–Crippen MR) is 126 cm³/mol. The third kappa shape index (κ3) is 4.09. The van der Waals surface area contributed by atoms with Gasteiger partial charge in [-0.15, -0.1) is 0 Å². The Morgan fingerprint density at radius 2 is 1.66 bits per heavy atom. The molecule has 0 N–H and O–H groups in total. The molecule has 1 aromatic carbocycles. The molecule has 0 aliphatic carbocycles. The molecule has 4 heterocycles. The summed E-state index contributed by atoms with van der Waals surface area (Å²) in [6.45, 7) is 8.42. The summed E-state index contributed by atoms with van der Waals surface area (Å²) in [5.41, 5.74) is 2.92. The van der Waals surface area contributed by atoms with Crippen LogP contribution in [-0.2, 0) is 23.0 Å². The van der Waals surface area contributed by atoms with Crippen LogP contribution in [0.15, 0.2) is 29.2 Å². The van der Waals surface area contributed by atoms with Crippen LogP contribution in [0, 0.1) is 6.92 Å². The first-order valence-corrected chi connectivity index (χ1v) is 13.0. The Morgan fingerprint density at radius 1 is 0.906 bits per heavy atom. The Morgan fingerprint density at radius 3 is 2.38 bits per heavy atom. The van der Waals surface area contributed by atoms with E-state index in [0.29, 0.717) is 24.4 Å². The third-order valence-corrected chi connectivity index (χ3v) is 8.65. The molecule has 0 bridgehead atoms. The third-order valence-electron chi connectivity index (χ3n) is 6.81. The maximum absolute atomic E-state index is 13.4. The summed E-state index contributed by atoms with van der Waals surface area (Å²) in [7, 11) is -1.43. The zero-order valence-electron chi connectivity index (χ0n) is 19.0. The molecule has 0 unspecified atom stereocenters. The van der Waals surface area contributed by atoms with E-state index in [1.807, 2.05) is 13.0 Å². The van der Waals surface area contributed by atoms with Gasteiger partial charge < -0.3 is 14.7 Å². The second-order valence-electron chi connectivity index (χ2n) is 9.16.